The van der Waals surface area contributed by atoms with E-state index in [9.17, 15) is 14.7 Å². The van der Waals surface area contributed by atoms with E-state index < -0.39 is 11.7 Å². The van der Waals surface area contributed by atoms with Crippen LogP contribution in [0.1, 0.15) is 45.1 Å². The van der Waals surface area contributed by atoms with Crippen molar-refractivity contribution in [2.24, 2.45) is 0 Å². The van der Waals surface area contributed by atoms with Crippen molar-refractivity contribution in [3.8, 4) is 0 Å². The molecule has 0 aliphatic carbocycles. The fraction of sp³-hybridized carbons (Fsp3) is 0.579. The Labute approximate surface area is 148 Å². The summed E-state index contributed by atoms with van der Waals surface area (Å²) in [6.45, 7) is 4.49. The molecule has 0 bridgehead atoms. The van der Waals surface area contributed by atoms with Gasteiger partial charge >= 0.3 is 12.1 Å². The molecule has 0 aromatic heterocycles. The van der Waals surface area contributed by atoms with Gasteiger partial charge < -0.3 is 19.5 Å². The first-order valence-corrected chi connectivity index (χ1v) is 8.79. The van der Waals surface area contributed by atoms with Crippen LogP contribution in [-0.4, -0.2) is 46.9 Å². The van der Waals surface area contributed by atoms with Crippen molar-refractivity contribution in [1.82, 2.24) is 4.90 Å². The average Bonchev–Trinajstić information content (AvgIpc) is 3.10. The maximum Gasteiger partial charge on any atom is 0.410 e. The number of rotatable bonds is 7. The van der Waals surface area contributed by atoms with Crippen LogP contribution in [0.3, 0.4) is 0 Å². The van der Waals surface area contributed by atoms with Gasteiger partial charge in [-0.3, -0.25) is 4.79 Å². The SMILES string of the molecule is CCOC(=O)CC[C@](C)(O)[C@@H]1CCCN1C(=O)OCc1ccccc1. The molecule has 1 aliphatic heterocycles. The van der Waals surface area contributed by atoms with Gasteiger partial charge in [0.15, 0.2) is 0 Å². The first kappa shape index (κ1) is 19.2. The minimum atomic E-state index is -1.16. The van der Waals surface area contributed by atoms with Crippen molar-refractivity contribution in [3.05, 3.63) is 35.9 Å². The number of hydrogen-bond donors (Lipinski definition) is 1. The molecule has 1 aliphatic rings. The van der Waals surface area contributed by atoms with Crippen molar-refractivity contribution in [1.29, 1.82) is 0 Å². The van der Waals surface area contributed by atoms with Crippen LogP contribution in [0.2, 0.25) is 0 Å². The molecule has 1 N–H and O–H groups in total. The molecule has 1 fully saturated rings. The highest BCUT2D eigenvalue weighted by atomic mass is 16.6. The minimum absolute atomic E-state index is 0.129. The molecule has 6 nitrogen and oxygen atoms in total. The Morgan fingerprint density at radius 3 is 2.68 bits per heavy atom. The molecule has 1 amide bonds. The summed E-state index contributed by atoms with van der Waals surface area (Å²) < 4.78 is 10.3. The minimum Gasteiger partial charge on any atom is -0.466 e. The predicted molar refractivity (Wildman–Crippen MR) is 92.8 cm³/mol. The topological polar surface area (TPSA) is 76.1 Å². The number of benzene rings is 1. The van der Waals surface area contributed by atoms with Gasteiger partial charge in [0.25, 0.3) is 0 Å². The molecular weight excluding hydrogens is 322 g/mol. The zero-order valence-corrected chi connectivity index (χ0v) is 14.9. The summed E-state index contributed by atoms with van der Waals surface area (Å²) in [5.41, 5.74) is -0.240. The summed E-state index contributed by atoms with van der Waals surface area (Å²) in [6, 6.07) is 9.12. The predicted octanol–water partition coefficient (Wildman–Crippen LogP) is 2.88. The Balaban J connectivity index is 1.91. The number of carbonyl (C=O) groups excluding carboxylic acids is 2. The van der Waals surface area contributed by atoms with Gasteiger partial charge in [-0.05, 0) is 38.7 Å². The molecule has 1 aromatic carbocycles. The maximum absolute atomic E-state index is 12.4. The van der Waals surface area contributed by atoms with Crippen LogP contribution in [0.25, 0.3) is 0 Å². The van der Waals surface area contributed by atoms with Crippen molar-refractivity contribution in [3.63, 3.8) is 0 Å². The van der Waals surface area contributed by atoms with Gasteiger partial charge in [0.05, 0.1) is 18.2 Å². The quantitative estimate of drug-likeness (QED) is 0.766. The van der Waals surface area contributed by atoms with E-state index >= 15 is 0 Å². The number of likely N-dealkylation sites (tertiary alicyclic amines) is 1. The third kappa shape index (κ3) is 5.46. The monoisotopic (exact) mass is 349 g/mol. The lowest BCUT2D eigenvalue weighted by Gasteiger charge is -2.35. The number of amides is 1. The number of nitrogens with zero attached hydrogens (tertiary/aromatic N) is 1. The smallest absolute Gasteiger partial charge is 0.410 e. The Morgan fingerprint density at radius 1 is 1.28 bits per heavy atom. The molecule has 138 valence electrons. The van der Waals surface area contributed by atoms with E-state index in [1.54, 1.807) is 18.7 Å². The second kappa shape index (κ2) is 8.85. The lowest BCUT2D eigenvalue weighted by molar-refractivity contribution is -0.145. The van der Waals surface area contributed by atoms with Crippen molar-refractivity contribution >= 4 is 12.1 Å². The van der Waals surface area contributed by atoms with Gasteiger partial charge in [0.2, 0.25) is 0 Å². The molecule has 25 heavy (non-hydrogen) atoms. The standard InChI is InChI=1S/C19H27NO5/c1-3-24-17(21)11-12-19(2,23)16-10-7-13-20(16)18(22)25-14-15-8-5-4-6-9-15/h4-6,8-9,16,23H,3,7,10-14H2,1-2H3/t16-,19-/m0/s1. The van der Waals surface area contributed by atoms with Crippen LogP contribution < -0.4 is 0 Å². The molecule has 2 atom stereocenters. The first-order valence-electron chi connectivity index (χ1n) is 8.79. The Bertz CT molecular complexity index is 572. The number of carbonyl (C=O) groups is 2. The highest BCUT2D eigenvalue weighted by Crippen LogP contribution is 2.31. The van der Waals surface area contributed by atoms with Crippen molar-refractivity contribution < 1.29 is 24.2 Å². The van der Waals surface area contributed by atoms with E-state index in [-0.39, 0.29) is 31.5 Å². The summed E-state index contributed by atoms with van der Waals surface area (Å²) in [5.74, 6) is -0.334. The molecule has 0 saturated carbocycles. The Kier molecular flexibility index (Phi) is 6.82. The lowest BCUT2D eigenvalue weighted by atomic mass is 9.89. The largest absolute Gasteiger partial charge is 0.466 e. The van der Waals surface area contributed by atoms with Crippen LogP contribution in [0.15, 0.2) is 30.3 Å². The van der Waals surface area contributed by atoms with Crippen LogP contribution >= 0.6 is 0 Å². The van der Waals surface area contributed by atoms with Gasteiger partial charge in [-0.1, -0.05) is 30.3 Å². The van der Waals surface area contributed by atoms with E-state index in [4.69, 9.17) is 9.47 Å². The molecule has 1 aromatic rings. The molecule has 0 unspecified atom stereocenters. The van der Waals surface area contributed by atoms with Crippen LogP contribution in [0.5, 0.6) is 0 Å². The summed E-state index contributed by atoms with van der Waals surface area (Å²) in [6.07, 6.45) is 1.45. The van der Waals surface area contributed by atoms with Crippen molar-refractivity contribution in [2.45, 2.75) is 57.8 Å². The third-order valence-electron chi connectivity index (χ3n) is 4.55. The zero-order chi connectivity index (χ0) is 18.3. The van der Waals surface area contributed by atoms with Gasteiger partial charge in [-0.2, -0.15) is 0 Å². The highest BCUT2D eigenvalue weighted by molar-refractivity contribution is 5.70. The highest BCUT2D eigenvalue weighted by Gasteiger charge is 2.42. The van der Waals surface area contributed by atoms with E-state index in [0.29, 0.717) is 19.6 Å². The van der Waals surface area contributed by atoms with E-state index in [1.807, 2.05) is 30.3 Å². The second-order valence-corrected chi connectivity index (χ2v) is 6.55. The van der Waals surface area contributed by atoms with Crippen LogP contribution in [0.4, 0.5) is 4.79 Å². The summed E-state index contributed by atoms with van der Waals surface area (Å²) in [4.78, 5) is 25.5. The van der Waals surface area contributed by atoms with Gasteiger partial charge in [0, 0.05) is 13.0 Å². The fourth-order valence-corrected chi connectivity index (χ4v) is 3.19. The first-order chi connectivity index (χ1) is 11.9. The van der Waals surface area contributed by atoms with Gasteiger partial charge in [-0.25, -0.2) is 4.79 Å². The number of esters is 1. The van der Waals surface area contributed by atoms with E-state index in [0.717, 1.165) is 12.0 Å². The number of ether oxygens (including phenoxy) is 2. The Hall–Kier alpha value is -2.08. The second-order valence-electron chi connectivity index (χ2n) is 6.55. The lowest BCUT2D eigenvalue weighted by Crippen LogP contribution is -2.50. The molecule has 1 saturated heterocycles. The zero-order valence-electron chi connectivity index (χ0n) is 14.9. The molecule has 0 radical (unpaired) electrons. The molecule has 2 rings (SSSR count). The van der Waals surface area contributed by atoms with Crippen molar-refractivity contribution in [2.75, 3.05) is 13.2 Å². The van der Waals surface area contributed by atoms with Gasteiger partial charge in [-0.15, -0.1) is 0 Å². The maximum atomic E-state index is 12.4. The fourth-order valence-electron chi connectivity index (χ4n) is 3.19. The third-order valence-corrected chi connectivity index (χ3v) is 4.55. The Morgan fingerprint density at radius 2 is 2.00 bits per heavy atom. The molecule has 0 spiro atoms. The summed E-state index contributed by atoms with van der Waals surface area (Å²) in [5, 5.41) is 10.8. The normalized spacial score (nSPS) is 19.3. The number of aliphatic hydroxyl groups is 1. The molecular formula is C19H27NO5. The van der Waals surface area contributed by atoms with E-state index in [1.165, 1.54) is 0 Å². The summed E-state index contributed by atoms with van der Waals surface area (Å²) >= 11 is 0. The van der Waals surface area contributed by atoms with Crippen LogP contribution in [0, 0.1) is 0 Å². The molecule has 6 heteroatoms. The van der Waals surface area contributed by atoms with Crippen LogP contribution in [-0.2, 0) is 20.9 Å². The summed E-state index contributed by atoms with van der Waals surface area (Å²) in [7, 11) is 0. The van der Waals surface area contributed by atoms with E-state index in [2.05, 4.69) is 0 Å². The average molecular weight is 349 g/mol. The van der Waals surface area contributed by atoms with Gasteiger partial charge in [0.1, 0.15) is 6.61 Å². The number of hydrogen-bond acceptors (Lipinski definition) is 5. The molecule has 1 heterocycles.